The first-order valence-electron chi connectivity index (χ1n) is 6.25. The van der Waals surface area contributed by atoms with E-state index in [-0.39, 0.29) is 11.5 Å². The zero-order chi connectivity index (χ0) is 15.3. The number of sulfonamides is 1. The summed E-state index contributed by atoms with van der Waals surface area (Å²) in [7, 11) is -3.76. The van der Waals surface area contributed by atoms with Gasteiger partial charge >= 0.3 is 0 Å². The Morgan fingerprint density at radius 3 is 2.24 bits per heavy atom. The minimum Gasteiger partial charge on any atom is -0.394 e. The van der Waals surface area contributed by atoms with Gasteiger partial charge < -0.3 is 5.11 Å². The van der Waals surface area contributed by atoms with Gasteiger partial charge in [0.2, 0.25) is 10.0 Å². The van der Waals surface area contributed by atoms with Crippen LogP contribution in [0, 0.1) is 11.3 Å². The van der Waals surface area contributed by atoms with Crippen molar-refractivity contribution in [1.82, 2.24) is 4.72 Å². The van der Waals surface area contributed by atoms with Crippen molar-refractivity contribution < 1.29 is 13.5 Å². The second-order valence-corrected chi connectivity index (χ2v) is 6.12. The van der Waals surface area contributed by atoms with E-state index >= 15 is 0 Å². The number of nitriles is 1. The van der Waals surface area contributed by atoms with Crippen LogP contribution in [0.25, 0.3) is 0 Å². The maximum atomic E-state index is 12.3. The third-order valence-corrected chi connectivity index (χ3v) is 4.46. The van der Waals surface area contributed by atoms with E-state index in [1.54, 1.807) is 24.3 Å². The number of benzene rings is 2. The molecule has 0 aliphatic carbocycles. The van der Waals surface area contributed by atoms with Crippen molar-refractivity contribution >= 4 is 10.0 Å². The van der Waals surface area contributed by atoms with Crippen LogP contribution in [-0.4, -0.2) is 20.1 Å². The van der Waals surface area contributed by atoms with E-state index in [1.807, 2.05) is 12.1 Å². The molecule has 2 rings (SSSR count). The largest absolute Gasteiger partial charge is 0.394 e. The van der Waals surface area contributed by atoms with Crippen molar-refractivity contribution in [3.63, 3.8) is 0 Å². The Morgan fingerprint density at radius 2 is 1.71 bits per heavy atom. The highest BCUT2D eigenvalue weighted by atomic mass is 32.2. The number of rotatable bonds is 5. The molecule has 0 saturated heterocycles. The lowest BCUT2D eigenvalue weighted by molar-refractivity contribution is 0.259. The molecule has 0 radical (unpaired) electrons. The third-order valence-electron chi connectivity index (χ3n) is 2.98. The zero-order valence-corrected chi connectivity index (χ0v) is 11.9. The van der Waals surface area contributed by atoms with E-state index in [9.17, 15) is 13.5 Å². The van der Waals surface area contributed by atoms with Gasteiger partial charge in [0.15, 0.2) is 0 Å². The summed E-state index contributed by atoms with van der Waals surface area (Å²) in [5.41, 5.74) is 1.06. The molecule has 21 heavy (non-hydrogen) atoms. The fourth-order valence-electron chi connectivity index (χ4n) is 1.86. The van der Waals surface area contributed by atoms with Crippen molar-refractivity contribution in [2.75, 3.05) is 6.61 Å². The number of hydrogen-bond donors (Lipinski definition) is 2. The van der Waals surface area contributed by atoms with E-state index in [0.29, 0.717) is 11.1 Å². The van der Waals surface area contributed by atoms with Crippen LogP contribution in [0.5, 0.6) is 0 Å². The molecular weight excluding hydrogens is 288 g/mol. The predicted octanol–water partition coefficient (Wildman–Crippen LogP) is 1.57. The Labute approximate surface area is 123 Å². The molecule has 0 saturated carbocycles. The van der Waals surface area contributed by atoms with Gasteiger partial charge in [-0.1, -0.05) is 30.3 Å². The highest BCUT2D eigenvalue weighted by Gasteiger charge is 2.20. The molecule has 0 unspecified atom stereocenters. The maximum Gasteiger partial charge on any atom is 0.241 e. The summed E-state index contributed by atoms with van der Waals surface area (Å²) in [4.78, 5) is 0.0517. The van der Waals surface area contributed by atoms with Crippen LogP contribution in [-0.2, 0) is 10.0 Å². The Hall–Kier alpha value is -2.20. The summed E-state index contributed by atoms with van der Waals surface area (Å²) < 4.78 is 27.0. The lowest BCUT2D eigenvalue weighted by atomic mass is 10.1. The smallest absolute Gasteiger partial charge is 0.241 e. The van der Waals surface area contributed by atoms with E-state index in [4.69, 9.17) is 5.26 Å². The molecule has 0 spiro atoms. The van der Waals surface area contributed by atoms with E-state index in [2.05, 4.69) is 4.72 Å². The van der Waals surface area contributed by atoms with Gasteiger partial charge in [-0.15, -0.1) is 0 Å². The number of aliphatic hydroxyl groups is 1. The molecule has 0 aliphatic rings. The lowest BCUT2D eigenvalue weighted by Crippen LogP contribution is -2.30. The summed E-state index contributed by atoms with van der Waals surface area (Å²) in [6.07, 6.45) is 0. The highest BCUT2D eigenvalue weighted by Crippen LogP contribution is 2.17. The van der Waals surface area contributed by atoms with E-state index in [0.717, 1.165) is 0 Å². The zero-order valence-electron chi connectivity index (χ0n) is 11.1. The summed E-state index contributed by atoms with van der Waals surface area (Å²) in [6, 6.07) is 15.6. The first-order chi connectivity index (χ1) is 10.1. The molecule has 2 aromatic rings. The summed E-state index contributed by atoms with van der Waals surface area (Å²) >= 11 is 0. The van der Waals surface area contributed by atoms with Gasteiger partial charge in [0.25, 0.3) is 0 Å². The molecule has 2 N–H and O–H groups in total. The van der Waals surface area contributed by atoms with Crippen LogP contribution in [0.3, 0.4) is 0 Å². The van der Waals surface area contributed by atoms with Gasteiger partial charge in [0, 0.05) is 0 Å². The first-order valence-corrected chi connectivity index (χ1v) is 7.73. The topological polar surface area (TPSA) is 90.2 Å². The van der Waals surface area contributed by atoms with Gasteiger partial charge in [-0.05, 0) is 29.8 Å². The van der Waals surface area contributed by atoms with Crippen LogP contribution in [0.1, 0.15) is 17.2 Å². The number of hydrogen-bond acceptors (Lipinski definition) is 4. The normalized spacial score (nSPS) is 12.6. The molecule has 1 atom stereocenters. The SMILES string of the molecule is N#Cc1ccc(S(=O)(=O)N[C@H](CO)c2ccccc2)cc1. The molecule has 0 amide bonds. The van der Waals surface area contributed by atoms with Crippen LogP contribution < -0.4 is 4.72 Å². The number of nitrogens with zero attached hydrogens (tertiary/aromatic N) is 1. The number of aliphatic hydroxyl groups excluding tert-OH is 1. The van der Waals surface area contributed by atoms with Crippen molar-refractivity contribution in [3.8, 4) is 6.07 Å². The first kappa shape index (κ1) is 15.2. The van der Waals surface area contributed by atoms with Crippen molar-refractivity contribution in [3.05, 3.63) is 65.7 Å². The lowest BCUT2D eigenvalue weighted by Gasteiger charge is -2.16. The minimum absolute atomic E-state index is 0.0517. The molecule has 0 aromatic heterocycles. The molecule has 6 heteroatoms. The van der Waals surface area contributed by atoms with Crippen LogP contribution in [0.4, 0.5) is 0 Å². The molecule has 0 fully saturated rings. The van der Waals surface area contributed by atoms with Crippen LogP contribution in [0.15, 0.2) is 59.5 Å². The average molecular weight is 302 g/mol. The Morgan fingerprint density at radius 1 is 1.10 bits per heavy atom. The van der Waals surface area contributed by atoms with Crippen molar-refractivity contribution in [2.45, 2.75) is 10.9 Å². The van der Waals surface area contributed by atoms with Crippen molar-refractivity contribution in [1.29, 1.82) is 5.26 Å². The highest BCUT2D eigenvalue weighted by molar-refractivity contribution is 7.89. The summed E-state index contributed by atoms with van der Waals surface area (Å²) in [5.74, 6) is 0. The standard InChI is InChI=1S/C15H14N2O3S/c16-10-12-6-8-14(9-7-12)21(19,20)17-15(11-18)13-4-2-1-3-5-13/h1-9,15,17-18H,11H2/t15-/m1/s1. The van der Waals surface area contributed by atoms with Gasteiger partial charge in [0.05, 0.1) is 29.2 Å². The molecule has 2 aromatic carbocycles. The molecule has 5 nitrogen and oxygen atoms in total. The summed E-state index contributed by atoms with van der Waals surface area (Å²) in [6.45, 7) is -0.348. The Balaban J connectivity index is 2.25. The average Bonchev–Trinajstić information content (AvgIpc) is 2.53. The monoisotopic (exact) mass is 302 g/mol. The van der Waals surface area contributed by atoms with Crippen molar-refractivity contribution in [2.24, 2.45) is 0 Å². The van der Waals surface area contributed by atoms with E-state index < -0.39 is 16.1 Å². The molecule has 108 valence electrons. The predicted molar refractivity (Wildman–Crippen MR) is 77.7 cm³/mol. The van der Waals surface area contributed by atoms with Gasteiger partial charge in [-0.2, -0.15) is 5.26 Å². The third kappa shape index (κ3) is 3.67. The van der Waals surface area contributed by atoms with Gasteiger partial charge in [-0.3, -0.25) is 0 Å². The minimum atomic E-state index is -3.76. The molecular formula is C15H14N2O3S. The fourth-order valence-corrected chi connectivity index (χ4v) is 3.08. The quantitative estimate of drug-likeness (QED) is 0.877. The van der Waals surface area contributed by atoms with Gasteiger partial charge in [0.1, 0.15) is 0 Å². The van der Waals surface area contributed by atoms with Crippen LogP contribution in [0.2, 0.25) is 0 Å². The number of nitrogens with one attached hydrogen (secondary N) is 1. The van der Waals surface area contributed by atoms with Gasteiger partial charge in [-0.25, -0.2) is 13.1 Å². The Kier molecular flexibility index (Phi) is 4.70. The second kappa shape index (κ2) is 6.50. The molecule has 0 bridgehead atoms. The van der Waals surface area contributed by atoms with Crippen LogP contribution >= 0.6 is 0 Å². The summed E-state index contributed by atoms with van der Waals surface area (Å²) in [5, 5.41) is 18.1. The molecule has 0 heterocycles. The Bertz CT molecular complexity index is 735. The fraction of sp³-hybridized carbons (Fsp3) is 0.133. The molecule has 0 aliphatic heterocycles. The second-order valence-electron chi connectivity index (χ2n) is 4.40. The van der Waals surface area contributed by atoms with E-state index in [1.165, 1.54) is 24.3 Å². The maximum absolute atomic E-state index is 12.3.